The lowest BCUT2D eigenvalue weighted by Crippen LogP contribution is -2.35. The summed E-state index contributed by atoms with van der Waals surface area (Å²) < 4.78 is 0. The molecule has 2 heterocycles. The van der Waals surface area contributed by atoms with Crippen molar-refractivity contribution in [3.8, 4) is 0 Å². The second-order valence-corrected chi connectivity index (χ2v) is 5.87. The van der Waals surface area contributed by atoms with Crippen LogP contribution in [0.25, 0.3) is 0 Å². The lowest BCUT2D eigenvalue weighted by Gasteiger charge is -2.31. The minimum atomic E-state index is 0.785. The first-order chi connectivity index (χ1) is 8.78. The average Bonchev–Trinajstić information content (AvgIpc) is 2.99. The van der Waals surface area contributed by atoms with Crippen molar-refractivity contribution in [2.24, 2.45) is 5.92 Å². The predicted molar refractivity (Wildman–Crippen MR) is 77.1 cm³/mol. The minimum Gasteiger partial charge on any atom is -0.371 e. The Hall–Kier alpha value is -1.02. The fraction of sp³-hybridized carbons (Fsp3) is 0.625. The van der Waals surface area contributed by atoms with E-state index in [4.69, 9.17) is 0 Å². The van der Waals surface area contributed by atoms with Crippen molar-refractivity contribution in [1.29, 1.82) is 0 Å². The Labute approximate surface area is 110 Å². The Morgan fingerprint density at radius 3 is 2.72 bits per heavy atom. The largest absolute Gasteiger partial charge is 0.371 e. The number of nitrogens with zero attached hydrogens (tertiary/aromatic N) is 1. The number of rotatable bonds is 4. The van der Waals surface area contributed by atoms with Crippen molar-refractivity contribution in [3.05, 3.63) is 29.8 Å². The van der Waals surface area contributed by atoms with Gasteiger partial charge in [0.2, 0.25) is 0 Å². The van der Waals surface area contributed by atoms with Crippen molar-refractivity contribution >= 4 is 5.69 Å². The molecular formula is C16H24N2. The molecule has 2 saturated heterocycles. The molecular weight excluding hydrogens is 220 g/mol. The van der Waals surface area contributed by atoms with Gasteiger partial charge in [-0.1, -0.05) is 18.2 Å². The van der Waals surface area contributed by atoms with E-state index in [1.54, 1.807) is 0 Å². The third kappa shape index (κ3) is 2.14. The van der Waals surface area contributed by atoms with E-state index in [0.717, 1.165) is 24.5 Å². The fourth-order valence-corrected chi connectivity index (χ4v) is 3.74. The molecule has 1 aromatic carbocycles. The van der Waals surface area contributed by atoms with Gasteiger partial charge in [-0.05, 0) is 50.7 Å². The molecule has 3 atom stereocenters. The highest BCUT2D eigenvalue weighted by atomic mass is 15.1. The number of hydrogen-bond acceptors (Lipinski definition) is 2. The van der Waals surface area contributed by atoms with Gasteiger partial charge in [0.05, 0.1) is 0 Å². The van der Waals surface area contributed by atoms with E-state index in [9.17, 15) is 0 Å². The molecule has 2 aliphatic heterocycles. The lowest BCUT2D eigenvalue weighted by atomic mass is 9.88. The zero-order valence-corrected chi connectivity index (χ0v) is 11.5. The Morgan fingerprint density at radius 2 is 2.11 bits per heavy atom. The van der Waals surface area contributed by atoms with E-state index in [1.165, 1.54) is 37.1 Å². The van der Waals surface area contributed by atoms with Crippen molar-refractivity contribution in [2.75, 3.05) is 18.0 Å². The quantitative estimate of drug-likeness (QED) is 0.876. The summed E-state index contributed by atoms with van der Waals surface area (Å²) in [4.78, 5) is 2.56. The highest BCUT2D eigenvalue weighted by molar-refractivity contribution is 5.52. The molecule has 0 aliphatic carbocycles. The summed E-state index contributed by atoms with van der Waals surface area (Å²) in [6.07, 6.45) is 4.17. The Kier molecular flexibility index (Phi) is 3.29. The Balaban J connectivity index is 1.72. The SMILES string of the molecule is CCN(CC1CC2CCC1N2)c1ccccc1C. The van der Waals surface area contributed by atoms with Crippen LogP contribution >= 0.6 is 0 Å². The maximum absolute atomic E-state index is 3.75. The first kappa shape index (κ1) is 12.0. The molecule has 1 aromatic rings. The molecule has 3 unspecified atom stereocenters. The number of benzene rings is 1. The maximum atomic E-state index is 3.75. The van der Waals surface area contributed by atoms with Crippen molar-refractivity contribution in [2.45, 2.75) is 45.2 Å². The topological polar surface area (TPSA) is 15.3 Å². The van der Waals surface area contributed by atoms with E-state index in [0.29, 0.717) is 0 Å². The molecule has 98 valence electrons. The van der Waals surface area contributed by atoms with Gasteiger partial charge in [0.25, 0.3) is 0 Å². The van der Waals surface area contributed by atoms with Gasteiger partial charge in [0.1, 0.15) is 0 Å². The number of nitrogens with one attached hydrogen (secondary N) is 1. The van der Waals surface area contributed by atoms with Gasteiger partial charge in [0.15, 0.2) is 0 Å². The van der Waals surface area contributed by atoms with Gasteiger partial charge in [-0.15, -0.1) is 0 Å². The van der Waals surface area contributed by atoms with Gasteiger partial charge in [-0.25, -0.2) is 0 Å². The highest BCUT2D eigenvalue weighted by Gasteiger charge is 2.39. The lowest BCUT2D eigenvalue weighted by molar-refractivity contribution is 0.405. The number of anilines is 1. The van der Waals surface area contributed by atoms with Crippen LogP contribution in [-0.4, -0.2) is 25.2 Å². The molecule has 0 spiro atoms. The maximum Gasteiger partial charge on any atom is 0.0395 e. The van der Waals surface area contributed by atoms with Gasteiger partial charge in [-0.3, -0.25) is 0 Å². The molecule has 2 aliphatic rings. The van der Waals surface area contributed by atoms with Crippen LogP contribution in [0.1, 0.15) is 31.7 Å². The first-order valence-electron chi connectivity index (χ1n) is 7.34. The zero-order chi connectivity index (χ0) is 12.5. The molecule has 2 bridgehead atoms. The number of aryl methyl sites for hydroxylation is 1. The molecule has 1 N–H and O–H groups in total. The summed E-state index contributed by atoms with van der Waals surface area (Å²) in [5.41, 5.74) is 2.82. The number of hydrogen-bond donors (Lipinski definition) is 1. The van der Waals surface area contributed by atoms with Crippen LogP contribution in [0.15, 0.2) is 24.3 Å². The van der Waals surface area contributed by atoms with E-state index >= 15 is 0 Å². The van der Waals surface area contributed by atoms with Crippen molar-refractivity contribution < 1.29 is 0 Å². The minimum absolute atomic E-state index is 0.785. The van der Waals surface area contributed by atoms with Crippen LogP contribution in [0.2, 0.25) is 0 Å². The van der Waals surface area contributed by atoms with Gasteiger partial charge in [0, 0.05) is 30.9 Å². The van der Waals surface area contributed by atoms with Crippen LogP contribution in [0.5, 0.6) is 0 Å². The third-order valence-electron chi connectivity index (χ3n) is 4.72. The molecule has 18 heavy (non-hydrogen) atoms. The molecule has 0 saturated carbocycles. The monoisotopic (exact) mass is 244 g/mol. The molecule has 2 heteroatoms. The predicted octanol–water partition coefficient (Wildman–Crippen LogP) is 2.96. The molecule has 2 nitrogen and oxygen atoms in total. The van der Waals surface area contributed by atoms with Crippen LogP contribution in [0, 0.1) is 12.8 Å². The number of fused-ring (bicyclic) bond motifs is 2. The molecule has 0 radical (unpaired) electrons. The summed E-state index contributed by atoms with van der Waals surface area (Å²) >= 11 is 0. The van der Waals surface area contributed by atoms with Crippen LogP contribution < -0.4 is 10.2 Å². The molecule has 0 aromatic heterocycles. The highest BCUT2D eigenvalue weighted by Crippen LogP contribution is 2.34. The molecule has 2 fully saturated rings. The second-order valence-electron chi connectivity index (χ2n) is 5.87. The second kappa shape index (κ2) is 4.93. The van der Waals surface area contributed by atoms with E-state index < -0.39 is 0 Å². The van der Waals surface area contributed by atoms with Gasteiger partial charge in [-0.2, -0.15) is 0 Å². The van der Waals surface area contributed by atoms with E-state index in [-0.39, 0.29) is 0 Å². The summed E-state index contributed by atoms with van der Waals surface area (Å²) in [5.74, 6) is 0.850. The third-order valence-corrected chi connectivity index (χ3v) is 4.72. The van der Waals surface area contributed by atoms with Gasteiger partial charge >= 0.3 is 0 Å². The Bertz CT molecular complexity index is 415. The molecule has 3 rings (SSSR count). The van der Waals surface area contributed by atoms with Crippen molar-refractivity contribution in [1.82, 2.24) is 5.32 Å². The van der Waals surface area contributed by atoms with Crippen molar-refractivity contribution in [3.63, 3.8) is 0 Å². The summed E-state index contributed by atoms with van der Waals surface area (Å²) in [6, 6.07) is 10.4. The van der Waals surface area contributed by atoms with Crippen LogP contribution in [0.3, 0.4) is 0 Å². The standard InChI is InChI=1S/C16H24N2/c1-3-18(16-7-5-4-6-12(16)2)11-13-10-14-8-9-15(13)17-14/h4-7,13-15,17H,3,8-11H2,1-2H3. The summed E-state index contributed by atoms with van der Waals surface area (Å²) in [5, 5.41) is 3.75. The number of para-hydroxylation sites is 1. The summed E-state index contributed by atoms with van der Waals surface area (Å²) in [7, 11) is 0. The zero-order valence-electron chi connectivity index (χ0n) is 11.5. The summed E-state index contributed by atoms with van der Waals surface area (Å²) in [6.45, 7) is 6.82. The fourth-order valence-electron chi connectivity index (χ4n) is 3.74. The van der Waals surface area contributed by atoms with E-state index in [2.05, 4.69) is 48.3 Å². The first-order valence-corrected chi connectivity index (χ1v) is 7.34. The Morgan fingerprint density at radius 1 is 1.28 bits per heavy atom. The average molecular weight is 244 g/mol. The normalized spacial score (nSPS) is 29.8. The van der Waals surface area contributed by atoms with Gasteiger partial charge < -0.3 is 10.2 Å². The van der Waals surface area contributed by atoms with Crippen LogP contribution in [-0.2, 0) is 0 Å². The van der Waals surface area contributed by atoms with Crippen LogP contribution in [0.4, 0.5) is 5.69 Å². The van der Waals surface area contributed by atoms with E-state index in [1.807, 2.05) is 0 Å². The smallest absolute Gasteiger partial charge is 0.0395 e. The molecule has 0 amide bonds.